The molecule has 1 aliphatic rings. The highest BCUT2D eigenvalue weighted by molar-refractivity contribution is 9.10. The second kappa shape index (κ2) is 5.05. The lowest BCUT2D eigenvalue weighted by molar-refractivity contribution is 0.153. The van der Waals surface area contributed by atoms with Crippen molar-refractivity contribution < 1.29 is 5.11 Å². The van der Waals surface area contributed by atoms with Gasteiger partial charge < -0.3 is 5.11 Å². The van der Waals surface area contributed by atoms with Crippen molar-refractivity contribution in [2.75, 3.05) is 13.2 Å². The van der Waals surface area contributed by atoms with E-state index in [9.17, 15) is 5.11 Å². The number of rotatable bonds is 3. The van der Waals surface area contributed by atoms with Gasteiger partial charge >= 0.3 is 0 Å². The molecule has 1 saturated heterocycles. The normalized spacial score (nSPS) is 22.1. The Morgan fingerprint density at radius 1 is 1.53 bits per heavy atom. The molecule has 0 aromatic carbocycles. The molecule has 3 nitrogen and oxygen atoms in total. The molecule has 1 atom stereocenters. The molecule has 1 fully saturated rings. The molecule has 1 aliphatic heterocycles. The standard InChI is InChI=1S/C11H15BrN2O/c12-11-4-3-9(6-13-11)7-14-5-1-2-10(14)8-15/h3-4,6,10,15H,1-2,5,7-8H2. The monoisotopic (exact) mass is 270 g/mol. The highest BCUT2D eigenvalue weighted by atomic mass is 79.9. The number of aromatic nitrogens is 1. The van der Waals surface area contributed by atoms with Crippen molar-refractivity contribution in [1.29, 1.82) is 0 Å². The van der Waals surface area contributed by atoms with Crippen molar-refractivity contribution >= 4 is 15.9 Å². The van der Waals surface area contributed by atoms with Gasteiger partial charge in [0.15, 0.2) is 0 Å². The summed E-state index contributed by atoms with van der Waals surface area (Å²) < 4.78 is 0.867. The van der Waals surface area contributed by atoms with Crippen LogP contribution < -0.4 is 0 Å². The van der Waals surface area contributed by atoms with E-state index in [4.69, 9.17) is 0 Å². The number of halogens is 1. The van der Waals surface area contributed by atoms with E-state index in [0.29, 0.717) is 6.04 Å². The van der Waals surface area contributed by atoms with Crippen LogP contribution in [-0.2, 0) is 6.54 Å². The predicted molar refractivity (Wildman–Crippen MR) is 62.5 cm³/mol. The zero-order valence-electron chi connectivity index (χ0n) is 8.56. The average Bonchev–Trinajstić information content (AvgIpc) is 2.69. The molecular formula is C11H15BrN2O. The van der Waals surface area contributed by atoms with Crippen LogP contribution in [0.4, 0.5) is 0 Å². The minimum absolute atomic E-state index is 0.268. The molecule has 1 aromatic rings. The number of aliphatic hydroxyl groups excluding tert-OH is 1. The maximum absolute atomic E-state index is 9.19. The molecule has 2 rings (SSSR count). The molecule has 0 aliphatic carbocycles. The summed E-state index contributed by atoms with van der Waals surface area (Å²) >= 11 is 3.32. The van der Waals surface area contributed by atoms with Crippen LogP contribution in [0.5, 0.6) is 0 Å². The minimum Gasteiger partial charge on any atom is -0.395 e. The number of pyridine rings is 1. The topological polar surface area (TPSA) is 36.4 Å². The summed E-state index contributed by atoms with van der Waals surface area (Å²) in [6.45, 7) is 2.25. The average molecular weight is 271 g/mol. The summed E-state index contributed by atoms with van der Waals surface area (Å²) in [5.41, 5.74) is 1.21. The van der Waals surface area contributed by atoms with Gasteiger partial charge in [-0.15, -0.1) is 0 Å². The number of hydrogen-bond acceptors (Lipinski definition) is 3. The molecule has 82 valence electrons. The van der Waals surface area contributed by atoms with Crippen molar-refractivity contribution in [3.05, 3.63) is 28.5 Å². The fourth-order valence-corrected chi connectivity index (χ4v) is 2.28. The highest BCUT2D eigenvalue weighted by Crippen LogP contribution is 2.19. The van der Waals surface area contributed by atoms with Crippen molar-refractivity contribution in [3.8, 4) is 0 Å². The van der Waals surface area contributed by atoms with Crippen LogP contribution in [0.1, 0.15) is 18.4 Å². The van der Waals surface area contributed by atoms with Crippen LogP contribution >= 0.6 is 15.9 Å². The van der Waals surface area contributed by atoms with Gasteiger partial charge in [0.1, 0.15) is 4.60 Å². The highest BCUT2D eigenvalue weighted by Gasteiger charge is 2.23. The number of hydrogen-bond donors (Lipinski definition) is 1. The van der Waals surface area contributed by atoms with E-state index in [2.05, 4.69) is 31.9 Å². The predicted octanol–water partition coefficient (Wildman–Crippen LogP) is 1.80. The van der Waals surface area contributed by atoms with E-state index >= 15 is 0 Å². The molecule has 0 bridgehead atoms. The summed E-state index contributed by atoms with van der Waals surface area (Å²) in [5.74, 6) is 0. The Balaban J connectivity index is 1.99. The quantitative estimate of drug-likeness (QED) is 0.852. The first-order valence-corrected chi connectivity index (χ1v) is 6.04. The van der Waals surface area contributed by atoms with Crippen LogP contribution in [0.3, 0.4) is 0 Å². The second-order valence-electron chi connectivity index (χ2n) is 3.94. The minimum atomic E-state index is 0.268. The Morgan fingerprint density at radius 2 is 2.40 bits per heavy atom. The lowest BCUT2D eigenvalue weighted by atomic mass is 10.2. The Bertz CT molecular complexity index is 315. The third-order valence-corrected chi connectivity index (χ3v) is 3.35. The van der Waals surface area contributed by atoms with Gasteiger partial charge in [-0.2, -0.15) is 0 Å². The summed E-state index contributed by atoms with van der Waals surface area (Å²) in [6, 6.07) is 4.37. The summed E-state index contributed by atoms with van der Waals surface area (Å²) in [4.78, 5) is 6.52. The van der Waals surface area contributed by atoms with Crippen LogP contribution in [-0.4, -0.2) is 34.2 Å². The van der Waals surface area contributed by atoms with Gasteiger partial charge in [0, 0.05) is 18.8 Å². The molecule has 2 heterocycles. The van der Waals surface area contributed by atoms with Crippen LogP contribution in [0.2, 0.25) is 0 Å². The number of nitrogens with zero attached hydrogens (tertiary/aromatic N) is 2. The van der Waals surface area contributed by atoms with Gasteiger partial charge in [0.05, 0.1) is 6.61 Å². The third-order valence-electron chi connectivity index (χ3n) is 2.88. The summed E-state index contributed by atoms with van der Waals surface area (Å²) in [5, 5.41) is 9.19. The van der Waals surface area contributed by atoms with E-state index in [1.165, 1.54) is 12.0 Å². The molecule has 1 N–H and O–H groups in total. The fourth-order valence-electron chi connectivity index (χ4n) is 2.04. The maximum atomic E-state index is 9.19. The second-order valence-corrected chi connectivity index (χ2v) is 4.75. The van der Waals surface area contributed by atoms with Gasteiger partial charge in [0.2, 0.25) is 0 Å². The van der Waals surface area contributed by atoms with Gasteiger partial charge in [-0.3, -0.25) is 4.90 Å². The molecular weight excluding hydrogens is 256 g/mol. The van der Waals surface area contributed by atoms with Crippen LogP contribution in [0, 0.1) is 0 Å². The van der Waals surface area contributed by atoms with Gasteiger partial charge in [-0.1, -0.05) is 6.07 Å². The van der Waals surface area contributed by atoms with E-state index in [1.807, 2.05) is 12.3 Å². The first-order valence-electron chi connectivity index (χ1n) is 5.25. The Hall–Kier alpha value is -0.450. The number of aliphatic hydroxyl groups is 1. The van der Waals surface area contributed by atoms with E-state index < -0.39 is 0 Å². The van der Waals surface area contributed by atoms with E-state index in [0.717, 1.165) is 24.1 Å². The maximum Gasteiger partial charge on any atom is 0.106 e. The molecule has 15 heavy (non-hydrogen) atoms. The van der Waals surface area contributed by atoms with Crippen LogP contribution in [0.25, 0.3) is 0 Å². The number of likely N-dealkylation sites (tertiary alicyclic amines) is 1. The first-order chi connectivity index (χ1) is 7.29. The summed E-state index contributed by atoms with van der Waals surface area (Å²) in [6.07, 6.45) is 4.19. The molecule has 0 radical (unpaired) electrons. The van der Waals surface area contributed by atoms with Gasteiger partial charge in [-0.05, 0) is 46.9 Å². The Kier molecular flexibility index (Phi) is 3.72. The van der Waals surface area contributed by atoms with E-state index in [1.54, 1.807) is 0 Å². The zero-order chi connectivity index (χ0) is 10.7. The van der Waals surface area contributed by atoms with E-state index in [-0.39, 0.29) is 6.61 Å². The van der Waals surface area contributed by atoms with Crippen molar-refractivity contribution in [3.63, 3.8) is 0 Å². The smallest absolute Gasteiger partial charge is 0.106 e. The molecule has 1 aromatic heterocycles. The fraction of sp³-hybridized carbons (Fsp3) is 0.545. The Labute approximate surface area is 98.3 Å². The van der Waals surface area contributed by atoms with Gasteiger partial charge in [0.25, 0.3) is 0 Å². The van der Waals surface area contributed by atoms with Crippen molar-refractivity contribution in [2.24, 2.45) is 0 Å². The van der Waals surface area contributed by atoms with Crippen molar-refractivity contribution in [1.82, 2.24) is 9.88 Å². The molecule has 1 unspecified atom stereocenters. The van der Waals surface area contributed by atoms with Crippen LogP contribution in [0.15, 0.2) is 22.9 Å². The SMILES string of the molecule is OCC1CCCN1Cc1ccc(Br)nc1. The first kappa shape index (κ1) is 11.0. The lowest BCUT2D eigenvalue weighted by Crippen LogP contribution is -2.31. The molecule has 0 saturated carbocycles. The lowest BCUT2D eigenvalue weighted by Gasteiger charge is -2.22. The molecule has 0 spiro atoms. The zero-order valence-corrected chi connectivity index (χ0v) is 10.2. The Morgan fingerprint density at radius 3 is 3.07 bits per heavy atom. The molecule has 4 heteroatoms. The summed E-state index contributed by atoms with van der Waals surface area (Å²) in [7, 11) is 0. The molecule has 0 amide bonds. The largest absolute Gasteiger partial charge is 0.395 e. The van der Waals surface area contributed by atoms with Crippen molar-refractivity contribution in [2.45, 2.75) is 25.4 Å². The van der Waals surface area contributed by atoms with Gasteiger partial charge in [-0.25, -0.2) is 4.98 Å². The third kappa shape index (κ3) is 2.77.